The number of nitrogens with zero attached hydrogens (tertiary/aromatic N) is 5. The van der Waals surface area contributed by atoms with Crippen molar-refractivity contribution in [2.24, 2.45) is 0 Å². The smallest absolute Gasteiger partial charge is 0.137 e. The Morgan fingerprint density at radius 3 is 1.82 bits per heavy atom. The van der Waals surface area contributed by atoms with Crippen LogP contribution in [0.2, 0.25) is 0 Å². The van der Waals surface area contributed by atoms with Gasteiger partial charge in [-0.1, -0.05) is 133 Å². The Morgan fingerprint density at radius 2 is 1.11 bits per heavy atom. The van der Waals surface area contributed by atoms with Gasteiger partial charge in [-0.15, -0.1) is 0 Å². The van der Waals surface area contributed by atoms with Crippen molar-refractivity contribution in [2.75, 3.05) is 16.5 Å². The maximum Gasteiger partial charge on any atom is 0.137 e. The van der Waals surface area contributed by atoms with Crippen LogP contribution in [0.1, 0.15) is 62.3 Å². The van der Waals surface area contributed by atoms with Crippen LogP contribution in [0.25, 0.3) is 55.5 Å². The lowest BCUT2D eigenvalue weighted by molar-refractivity contribution is 0.483. The van der Waals surface area contributed by atoms with E-state index in [0.29, 0.717) is 29.5 Å². The summed E-state index contributed by atoms with van der Waals surface area (Å²) in [5.41, 5.74) is 13.5. The minimum absolute atomic E-state index is 0.0126. The molecule has 0 spiro atoms. The van der Waals surface area contributed by atoms with Crippen molar-refractivity contribution in [1.82, 2.24) is 14.1 Å². The third kappa shape index (κ3) is 7.01. The maximum absolute atomic E-state index is 8.72. The lowest BCUT2D eigenvalue weighted by Gasteiger charge is -2.29. The quantitative estimate of drug-likeness (QED) is 0.160. The van der Waals surface area contributed by atoms with Crippen molar-refractivity contribution in [1.29, 1.82) is 0 Å². The van der Waals surface area contributed by atoms with E-state index in [2.05, 4.69) is 158 Å². The van der Waals surface area contributed by atoms with E-state index in [1.165, 1.54) is 16.8 Å². The molecule has 0 radical (unpaired) electrons. The zero-order valence-corrected chi connectivity index (χ0v) is 37.7. The summed E-state index contributed by atoms with van der Waals surface area (Å²) in [6.45, 7) is 11.9. The van der Waals surface area contributed by atoms with Gasteiger partial charge in [-0.25, -0.2) is 4.98 Å². The Kier molecular flexibility index (Phi) is 8.68. The zero-order chi connectivity index (χ0) is 47.1. The van der Waals surface area contributed by atoms with Gasteiger partial charge in [-0.3, -0.25) is 4.57 Å². The fraction of sp³-hybridized carbons (Fsp3) is 0.169. The van der Waals surface area contributed by atoms with Gasteiger partial charge in [0.15, 0.2) is 0 Å². The Bertz CT molecular complexity index is 3510. The largest absolute Gasteiger partial charge is 0.457 e. The second kappa shape index (κ2) is 15.3. The molecule has 11 rings (SSSR count). The maximum atomic E-state index is 8.72. The molecule has 0 amide bonds. The zero-order valence-electron chi connectivity index (χ0n) is 40.7. The van der Waals surface area contributed by atoms with Gasteiger partial charge in [0.05, 0.1) is 33.4 Å². The number of anilines is 4. The van der Waals surface area contributed by atoms with E-state index in [-0.39, 0.29) is 16.4 Å². The molecule has 0 N–H and O–H groups in total. The number of fused-ring (bicyclic) bond motifs is 6. The monoisotopic (exact) mass is 850 g/mol. The number of hydrogen-bond acceptors (Lipinski definition) is 4. The Balaban J connectivity index is 1.03. The molecule has 0 bridgehead atoms. The first-order valence-electron chi connectivity index (χ1n) is 23.9. The van der Waals surface area contributed by atoms with Crippen molar-refractivity contribution in [3.63, 3.8) is 0 Å². The molecule has 3 aromatic heterocycles. The fourth-order valence-electron chi connectivity index (χ4n) is 9.42. The predicted molar refractivity (Wildman–Crippen MR) is 272 cm³/mol. The molecule has 6 nitrogen and oxygen atoms in total. The Morgan fingerprint density at radius 1 is 0.508 bits per heavy atom. The van der Waals surface area contributed by atoms with Crippen molar-refractivity contribution in [2.45, 2.75) is 59.2 Å². The van der Waals surface area contributed by atoms with Crippen molar-refractivity contribution in [3.05, 3.63) is 199 Å². The number of pyridine rings is 1. The average Bonchev–Trinajstić information content (AvgIpc) is 3.99. The molecule has 0 saturated carbocycles. The number of ether oxygens (including phenoxy) is 1. The predicted octanol–water partition coefficient (Wildman–Crippen LogP) is 15.7. The van der Waals surface area contributed by atoms with Gasteiger partial charge < -0.3 is 19.1 Å². The number of para-hydroxylation sites is 4. The second-order valence-electron chi connectivity index (χ2n) is 19.2. The summed E-state index contributed by atoms with van der Waals surface area (Å²) in [4.78, 5) is 9.84. The molecule has 0 unspecified atom stereocenters. The second-order valence-corrected chi connectivity index (χ2v) is 19.2. The van der Waals surface area contributed by atoms with E-state index >= 15 is 0 Å². The summed E-state index contributed by atoms with van der Waals surface area (Å²) in [7, 11) is 0. The molecule has 320 valence electrons. The van der Waals surface area contributed by atoms with E-state index in [0.717, 1.165) is 61.2 Å². The summed E-state index contributed by atoms with van der Waals surface area (Å²) >= 11 is 0. The molecular formula is C59H53N5O. The van der Waals surface area contributed by atoms with E-state index in [9.17, 15) is 0 Å². The van der Waals surface area contributed by atoms with Crippen LogP contribution >= 0.6 is 0 Å². The molecule has 1 aliphatic heterocycles. The summed E-state index contributed by atoms with van der Waals surface area (Å²) in [5, 5.41) is 1.99. The fourth-order valence-corrected chi connectivity index (χ4v) is 9.42. The molecule has 65 heavy (non-hydrogen) atoms. The van der Waals surface area contributed by atoms with Crippen LogP contribution in [0.5, 0.6) is 11.5 Å². The van der Waals surface area contributed by atoms with Gasteiger partial charge in [-0.2, -0.15) is 0 Å². The summed E-state index contributed by atoms with van der Waals surface area (Å²) in [5.74, 6) is 1.84. The molecule has 0 aliphatic carbocycles. The third-order valence-electron chi connectivity index (χ3n) is 12.8. The third-order valence-corrected chi connectivity index (χ3v) is 12.8. The molecule has 7 aromatic carbocycles. The van der Waals surface area contributed by atoms with Crippen molar-refractivity contribution < 1.29 is 8.85 Å². The topological polar surface area (TPSA) is 38.5 Å². The highest BCUT2D eigenvalue weighted by Crippen LogP contribution is 2.47. The summed E-state index contributed by atoms with van der Waals surface area (Å²) in [6.07, 6.45) is 1.70. The highest BCUT2D eigenvalue weighted by Gasteiger charge is 2.31. The van der Waals surface area contributed by atoms with Crippen LogP contribution in [0, 0.1) is 6.85 Å². The molecule has 10 aromatic rings. The van der Waals surface area contributed by atoms with Gasteiger partial charge in [0.1, 0.15) is 24.0 Å². The van der Waals surface area contributed by atoms with Crippen LogP contribution in [0.4, 0.5) is 22.7 Å². The lowest BCUT2D eigenvalue weighted by atomic mass is 9.80. The normalized spacial score (nSPS) is 13.9. The molecular weight excluding hydrogens is 795 g/mol. The van der Waals surface area contributed by atoms with Gasteiger partial charge in [0, 0.05) is 55.8 Å². The average molecular weight is 851 g/mol. The molecule has 0 saturated heterocycles. The van der Waals surface area contributed by atoms with Crippen LogP contribution in [-0.4, -0.2) is 20.8 Å². The summed E-state index contributed by atoms with van der Waals surface area (Å²) in [6, 6.07) is 60.2. The van der Waals surface area contributed by atoms with Gasteiger partial charge in [0.2, 0.25) is 0 Å². The number of aryl methyl sites for hydroxylation is 1. The summed E-state index contributed by atoms with van der Waals surface area (Å²) < 4.78 is 37.4. The van der Waals surface area contributed by atoms with E-state index in [1.807, 2.05) is 72.8 Å². The first-order chi connectivity index (χ1) is 32.6. The van der Waals surface area contributed by atoms with E-state index in [4.69, 9.17) is 13.8 Å². The highest BCUT2D eigenvalue weighted by atomic mass is 16.5. The molecule has 1 aliphatic rings. The van der Waals surface area contributed by atoms with Crippen molar-refractivity contribution in [3.8, 4) is 34.1 Å². The molecule has 4 heterocycles. The number of aromatic nitrogens is 3. The number of rotatable bonds is 7. The van der Waals surface area contributed by atoms with Gasteiger partial charge in [0.25, 0.3) is 0 Å². The van der Waals surface area contributed by atoms with Crippen LogP contribution in [-0.2, 0) is 10.8 Å². The lowest BCUT2D eigenvalue weighted by Crippen LogP contribution is -2.25. The van der Waals surface area contributed by atoms with Gasteiger partial charge in [-0.05, 0) is 113 Å². The molecule has 0 atom stereocenters. The minimum Gasteiger partial charge on any atom is -0.457 e. The minimum atomic E-state index is -2.40. The first kappa shape index (κ1) is 36.9. The Labute approximate surface area is 385 Å². The SMILES string of the molecule is [2H]C([2H])([2H])c1cc(-n2c3cc(Oc4cccc(N5CN(c6cc(C(C)(C)C)cc(C(C)(C)C)c6)c6ccccc65)c4)ccc3c3c2c2ccccc2n3-c2ccccc2)ncc1-c1ccccc1. The Hall–Kier alpha value is -7.57. The first-order valence-corrected chi connectivity index (χ1v) is 22.4. The van der Waals surface area contributed by atoms with Crippen LogP contribution in [0.15, 0.2) is 182 Å². The van der Waals surface area contributed by atoms with Crippen molar-refractivity contribution >= 4 is 55.6 Å². The van der Waals surface area contributed by atoms with Crippen LogP contribution in [0.3, 0.4) is 0 Å². The number of hydrogen-bond donors (Lipinski definition) is 0. The van der Waals surface area contributed by atoms with E-state index in [1.54, 1.807) is 12.3 Å². The van der Waals surface area contributed by atoms with E-state index < -0.39 is 6.85 Å². The van der Waals surface area contributed by atoms with Gasteiger partial charge >= 0.3 is 0 Å². The standard InChI is InChI=1S/C59H53N5O/c1-39-31-55(60-37-50(39)40-19-10-8-11-20-40)64-54-36-47(29-30-49(54)56-57(64)48-25-14-15-26-51(48)63(56)43-21-12-9-13-22-43)65-46-24-18-23-44(35-46)61-38-62(53-28-17-16-27-52(53)61)45-33-41(58(2,3)4)32-42(34-45)59(5,6)7/h8-37H,38H2,1-7H3/i1D3. The highest BCUT2D eigenvalue weighted by molar-refractivity contribution is 6.20. The molecule has 6 heteroatoms. The van der Waals surface area contributed by atoms with Crippen LogP contribution < -0.4 is 14.5 Å². The number of benzene rings is 7. The molecule has 0 fully saturated rings.